The second-order valence-corrected chi connectivity index (χ2v) is 6.71. The van der Waals surface area contributed by atoms with E-state index in [9.17, 15) is 9.59 Å². The molecule has 2 heterocycles. The fourth-order valence-electron chi connectivity index (χ4n) is 3.22. The fraction of sp³-hybridized carbons (Fsp3) is 0.381. The Balaban J connectivity index is 1.70. The molecule has 1 aromatic carbocycles. The Labute approximate surface area is 163 Å². The maximum absolute atomic E-state index is 12.3. The molecule has 1 N–H and O–H groups in total. The minimum absolute atomic E-state index is 0.152. The molecule has 7 heteroatoms. The zero-order valence-corrected chi connectivity index (χ0v) is 16.7. The Morgan fingerprint density at radius 1 is 1.25 bits per heavy atom. The van der Waals surface area contributed by atoms with Gasteiger partial charge in [-0.3, -0.25) is 9.48 Å². The van der Waals surface area contributed by atoms with E-state index in [2.05, 4.69) is 17.3 Å². The van der Waals surface area contributed by atoms with Gasteiger partial charge in [-0.25, -0.2) is 4.79 Å². The van der Waals surface area contributed by atoms with Crippen molar-refractivity contribution in [2.45, 2.75) is 47.1 Å². The monoisotopic (exact) mass is 383 g/mol. The summed E-state index contributed by atoms with van der Waals surface area (Å²) in [6, 6.07) is 6.75. The van der Waals surface area contributed by atoms with Gasteiger partial charge in [-0.05, 0) is 44.4 Å². The first-order valence-electron chi connectivity index (χ1n) is 9.46. The number of hydrogen-bond acceptors (Lipinski definition) is 5. The molecule has 1 amide bonds. The average molecular weight is 383 g/mol. The number of hydrogen-bond donors (Lipinski definition) is 1. The summed E-state index contributed by atoms with van der Waals surface area (Å²) in [5.41, 5.74) is 3.40. The number of carbonyl (C=O) groups is 1. The smallest absolute Gasteiger partial charge is 0.336 e. The lowest BCUT2D eigenvalue weighted by atomic mass is 10.1. The Morgan fingerprint density at radius 2 is 2.04 bits per heavy atom. The van der Waals surface area contributed by atoms with Crippen LogP contribution in [-0.2, 0) is 17.8 Å². The molecule has 0 aliphatic rings. The van der Waals surface area contributed by atoms with Crippen molar-refractivity contribution in [3.05, 3.63) is 51.6 Å². The molecule has 0 saturated heterocycles. The molecule has 148 valence electrons. The van der Waals surface area contributed by atoms with Crippen LogP contribution in [0.15, 0.2) is 33.5 Å². The Hall–Kier alpha value is -3.09. The summed E-state index contributed by atoms with van der Waals surface area (Å²) in [5, 5.41) is 8.19. The normalized spacial score (nSPS) is 11.0. The quantitative estimate of drug-likeness (QED) is 0.630. The van der Waals surface area contributed by atoms with Crippen LogP contribution in [0.3, 0.4) is 0 Å². The Bertz CT molecular complexity index is 1070. The lowest BCUT2D eigenvalue weighted by Crippen LogP contribution is -2.21. The maximum atomic E-state index is 12.3. The molecule has 7 nitrogen and oxygen atoms in total. The van der Waals surface area contributed by atoms with Crippen LogP contribution >= 0.6 is 0 Å². The zero-order chi connectivity index (χ0) is 20.3. The van der Waals surface area contributed by atoms with E-state index in [1.54, 1.807) is 12.1 Å². The van der Waals surface area contributed by atoms with Crippen LogP contribution in [-0.4, -0.2) is 22.3 Å². The van der Waals surface area contributed by atoms with Crippen LogP contribution in [0.5, 0.6) is 5.75 Å². The van der Waals surface area contributed by atoms with Gasteiger partial charge >= 0.3 is 5.63 Å². The topological polar surface area (TPSA) is 86.4 Å². The second kappa shape index (κ2) is 8.29. The summed E-state index contributed by atoms with van der Waals surface area (Å²) in [6.07, 6.45) is 1.70. The number of nitrogens with one attached hydrogen (secondary N) is 1. The highest BCUT2D eigenvalue weighted by molar-refractivity contribution is 5.93. The predicted molar refractivity (Wildman–Crippen MR) is 108 cm³/mol. The third-order valence-corrected chi connectivity index (χ3v) is 4.63. The summed E-state index contributed by atoms with van der Waals surface area (Å²) in [7, 11) is 0. The third kappa shape index (κ3) is 4.08. The van der Waals surface area contributed by atoms with E-state index in [4.69, 9.17) is 9.15 Å². The highest BCUT2D eigenvalue weighted by Gasteiger charge is 2.14. The lowest BCUT2D eigenvalue weighted by Gasteiger charge is -2.09. The van der Waals surface area contributed by atoms with Gasteiger partial charge < -0.3 is 14.5 Å². The first kappa shape index (κ1) is 19.7. The van der Waals surface area contributed by atoms with Gasteiger partial charge in [0.1, 0.15) is 11.3 Å². The first-order chi connectivity index (χ1) is 13.4. The van der Waals surface area contributed by atoms with Gasteiger partial charge in [-0.2, -0.15) is 5.10 Å². The van der Waals surface area contributed by atoms with E-state index in [-0.39, 0.29) is 12.5 Å². The van der Waals surface area contributed by atoms with Crippen molar-refractivity contribution in [1.82, 2.24) is 9.78 Å². The summed E-state index contributed by atoms with van der Waals surface area (Å²) in [6.45, 7) is 8.52. The molecule has 0 aliphatic heterocycles. The van der Waals surface area contributed by atoms with E-state index in [1.165, 1.54) is 6.07 Å². The van der Waals surface area contributed by atoms with Crippen molar-refractivity contribution in [3.63, 3.8) is 0 Å². The standard InChI is InChI=1S/C21H25N3O4/c1-5-9-24-14(4)21(13(3)23-24)22-19(25)12-27-16-7-8-17-15(6-2)10-20(26)28-18(17)11-16/h7-8,10-11H,5-6,9,12H2,1-4H3,(H,22,25). The molecule has 28 heavy (non-hydrogen) atoms. The van der Waals surface area contributed by atoms with Gasteiger partial charge in [0.2, 0.25) is 0 Å². The minimum Gasteiger partial charge on any atom is -0.484 e. The van der Waals surface area contributed by atoms with Crippen molar-refractivity contribution in [1.29, 1.82) is 0 Å². The zero-order valence-electron chi connectivity index (χ0n) is 16.7. The summed E-state index contributed by atoms with van der Waals surface area (Å²) in [5.74, 6) is 0.195. The highest BCUT2D eigenvalue weighted by Crippen LogP contribution is 2.23. The van der Waals surface area contributed by atoms with Crippen molar-refractivity contribution >= 4 is 22.6 Å². The SMILES string of the molecule is CCCn1nc(C)c(NC(=O)COc2ccc3c(CC)cc(=O)oc3c2)c1C. The van der Waals surface area contributed by atoms with Gasteiger partial charge in [0.15, 0.2) is 6.61 Å². The van der Waals surface area contributed by atoms with Gasteiger partial charge in [0.25, 0.3) is 5.91 Å². The van der Waals surface area contributed by atoms with Crippen LogP contribution in [0.1, 0.15) is 37.2 Å². The van der Waals surface area contributed by atoms with Crippen molar-refractivity contribution < 1.29 is 13.9 Å². The number of aryl methyl sites for hydroxylation is 3. The predicted octanol–water partition coefficient (Wildman–Crippen LogP) is 3.60. The lowest BCUT2D eigenvalue weighted by molar-refractivity contribution is -0.118. The summed E-state index contributed by atoms with van der Waals surface area (Å²) >= 11 is 0. The van der Waals surface area contributed by atoms with Crippen LogP contribution in [0.25, 0.3) is 11.0 Å². The van der Waals surface area contributed by atoms with E-state index in [1.807, 2.05) is 31.5 Å². The Kier molecular flexibility index (Phi) is 5.82. The first-order valence-corrected chi connectivity index (χ1v) is 9.46. The van der Waals surface area contributed by atoms with E-state index in [0.717, 1.165) is 47.4 Å². The van der Waals surface area contributed by atoms with E-state index in [0.29, 0.717) is 11.3 Å². The summed E-state index contributed by atoms with van der Waals surface area (Å²) in [4.78, 5) is 24.0. The van der Waals surface area contributed by atoms with Gasteiger partial charge in [-0.15, -0.1) is 0 Å². The van der Waals surface area contributed by atoms with E-state index >= 15 is 0 Å². The molecule has 3 aromatic rings. The van der Waals surface area contributed by atoms with Gasteiger partial charge in [0.05, 0.1) is 17.1 Å². The van der Waals surface area contributed by atoms with Crippen LogP contribution in [0, 0.1) is 13.8 Å². The highest BCUT2D eigenvalue weighted by atomic mass is 16.5. The molecule has 0 unspecified atom stereocenters. The maximum Gasteiger partial charge on any atom is 0.336 e. The van der Waals surface area contributed by atoms with Gasteiger partial charge in [-0.1, -0.05) is 13.8 Å². The summed E-state index contributed by atoms with van der Waals surface area (Å²) < 4.78 is 12.7. The molecule has 0 bridgehead atoms. The molecule has 0 radical (unpaired) electrons. The number of carbonyl (C=O) groups excluding carboxylic acids is 1. The van der Waals surface area contributed by atoms with Gasteiger partial charge in [0, 0.05) is 24.1 Å². The number of nitrogens with zero attached hydrogens (tertiary/aromatic N) is 2. The van der Waals surface area contributed by atoms with Crippen molar-refractivity contribution in [2.24, 2.45) is 0 Å². The number of anilines is 1. The fourth-order valence-corrected chi connectivity index (χ4v) is 3.22. The molecular formula is C21H25N3O4. The molecule has 0 fully saturated rings. The largest absolute Gasteiger partial charge is 0.484 e. The number of rotatable bonds is 7. The number of fused-ring (bicyclic) bond motifs is 1. The van der Waals surface area contributed by atoms with Crippen molar-refractivity contribution in [2.75, 3.05) is 11.9 Å². The number of ether oxygens (including phenoxy) is 1. The number of benzene rings is 1. The molecule has 0 aliphatic carbocycles. The van der Waals surface area contributed by atoms with E-state index < -0.39 is 5.63 Å². The van der Waals surface area contributed by atoms with Crippen molar-refractivity contribution in [3.8, 4) is 5.75 Å². The van der Waals surface area contributed by atoms with Crippen LogP contribution < -0.4 is 15.7 Å². The third-order valence-electron chi connectivity index (χ3n) is 4.63. The number of amides is 1. The Morgan fingerprint density at radius 3 is 2.75 bits per heavy atom. The van der Waals surface area contributed by atoms with Crippen LogP contribution in [0.4, 0.5) is 5.69 Å². The molecule has 0 atom stereocenters. The molecular weight excluding hydrogens is 358 g/mol. The second-order valence-electron chi connectivity index (χ2n) is 6.71. The molecule has 3 rings (SSSR count). The number of aromatic nitrogens is 2. The molecule has 0 spiro atoms. The average Bonchev–Trinajstić information content (AvgIpc) is 2.93. The molecule has 2 aromatic heterocycles. The van der Waals surface area contributed by atoms with Crippen LogP contribution in [0.2, 0.25) is 0 Å². The molecule has 0 saturated carbocycles. The minimum atomic E-state index is -0.394.